The summed E-state index contributed by atoms with van der Waals surface area (Å²) in [4.78, 5) is 1.87. The number of hydrogen-bond acceptors (Lipinski definition) is 4. The van der Waals surface area contributed by atoms with Crippen LogP contribution in [0.1, 0.15) is 18.4 Å². The Kier molecular flexibility index (Phi) is 4.39. The van der Waals surface area contributed by atoms with Gasteiger partial charge in [-0.05, 0) is 23.8 Å². The van der Waals surface area contributed by atoms with Gasteiger partial charge in [0.05, 0.1) is 5.60 Å². The monoisotopic (exact) mass is 268 g/mol. The first kappa shape index (κ1) is 14.2. The smallest absolute Gasteiger partial charge is 0.125 e. The lowest BCUT2D eigenvalue weighted by molar-refractivity contribution is -0.0572. The normalized spacial score (nSPS) is 18.3. The third-order valence-corrected chi connectivity index (χ3v) is 3.57. The van der Waals surface area contributed by atoms with Crippen molar-refractivity contribution >= 4 is 5.69 Å². The summed E-state index contributed by atoms with van der Waals surface area (Å²) in [7, 11) is 1.85. The molecule has 0 spiro atoms. The topological polar surface area (TPSA) is 58.7 Å². The largest absolute Gasteiger partial charge is 0.388 e. The Hall–Kier alpha value is -1.17. The Morgan fingerprint density at radius 1 is 1.37 bits per heavy atom. The number of anilines is 1. The second-order valence-electron chi connectivity index (χ2n) is 5.21. The van der Waals surface area contributed by atoms with E-state index >= 15 is 0 Å². The number of halogens is 1. The van der Waals surface area contributed by atoms with Gasteiger partial charge in [-0.15, -0.1) is 0 Å². The number of benzene rings is 1. The molecule has 106 valence electrons. The van der Waals surface area contributed by atoms with Crippen molar-refractivity contribution in [2.24, 2.45) is 5.73 Å². The Morgan fingerprint density at radius 2 is 2.05 bits per heavy atom. The molecule has 0 amide bonds. The predicted molar refractivity (Wildman–Crippen MR) is 72.6 cm³/mol. The second-order valence-corrected chi connectivity index (χ2v) is 5.21. The fourth-order valence-electron chi connectivity index (χ4n) is 2.41. The van der Waals surface area contributed by atoms with Crippen molar-refractivity contribution in [2.75, 3.05) is 31.7 Å². The van der Waals surface area contributed by atoms with Crippen molar-refractivity contribution in [1.29, 1.82) is 0 Å². The zero-order valence-corrected chi connectivity index (χ0v) is 11.2. The maximum Gasteiger partial charge on any atom is 0.125 e. The maximum absolute atomic E-state index is 13.5. The zero-order chi connectivity index (χ0) is 13.9. The van der Waals surface area contributed by atoms with Crippen LogP contribution < -0.4 is 10.6 Å². The molecule has 1 saturated heterocycles. The van der Waals surface area contributed by atoms with E-state index in [2.05, 4.69) is 0 Å². The first-order valence-electron chi connectivity index (χ1n) is 6.53. The van der Waals surface area contributed by atoms with Crippen LogP contribution in [0.2, 0.25) is 0 Å². The predicted octanol–water partition coefficient (Wildman–Crippen LogP) is 1.26. The quantitative estimate of drug-likeness (QED) is 0.863. The maximum atomic E-state index is 13.5. The van der Waals surface area contributed by atoms with Crippen LogP contribution in [0.15, 0.2) is 18.2 Å². The zero-order valence-electron chi connectivity index (χ0n) is 11.2. The van der Waals surface area contributed by atoms with E-state index in [-0.39, 0.29) is 5.82 Å². The molecule has 0 radical (unpaired) electrons. The van der Waals surface area contributed by atoms with E-state index in [4.69, 9.17) is 10.5 Å². The van der Waals surface area contributed by atoms with Gasteiger partial charge < -0.3 is 20.5 Å². The van der Waals surface area contributed by atoms with E-state index < -0.39 is 5.60 Å². The van der Waals surface area contributed by atoms with Crippen LogP contribution in [0.5, 0.6) is 0 Å². The van der Waals surface area contributed by atoms with Gasteiger partial charge in [0.2, 0.25) is 0 Å². The van der Waals surface area contributed by atoms with Gasteiger partial charge in [0.15, 0.2) is 0 Å². The fourth-order valence-corrected chi connectivity index (χ4v) is 2.41. The second kappa shape index (κ2) is 5.86. The number of hydrogen-bond donors (Lipinski definition) is 2. The Balaban J connectivity index is 2.10. The highest BCUT2D eigenvalue weighted by atomic mass is 19.1. The standard InChI is InChI=1S/C14H21FN2O2/c1-17(10-14(18)2-4-19-5-3-14)13-7-11(9-16)6-12(15)8-13/h6-8,18H,2-5,9-10,16H2,1H3. The van der Waals surface area contributed by atoms with Crippen LogP contribution in [0.3, 0.4) is 0 Å². The highest BCUT2D eigenvalue weighted by molar-refractivity contribution is 5.48. The number of likely N-dealkylation sites (N-methyl/N-ethyl adjacent to an activating group) is 1. The summed E-state index contributed by atoms with van der Waals surface area (Å²) in [6.07, 6.45) is 1.22. The number of ether oxygens (including phenoxy) is 1. The minimum absolute atomic E-state index is 0.302. The number of nitrogens with zero attached hydrogens (tertiary/aromatic N) is 1. The summed E-state index contributed by atoms with van der Waals surface area (Å²) in [6, 6.07) is 4.74. The Labute approximate surface area is 113 Å². The van der Waals surface area contributed by atoms with Crippen molar-refractivity contribution in [3.63, 3.8) is 0 Å². The highest BCUT2D eigenvalue weighted by Crippen LogP contribution is 2.25. The van der Waals surface area contributed by atoms with Gasteiger partial charge in [-0.25, -0.2) is 4.39 Å². The molecule has 1 aromatic rings. The molecular formula is C14H21FN2O2. The van der Waals surface area contributed by atoms with Gasteiger partial charge in [-0.2, -0.15) is 0 Å². The summed E-state index contributed by atoms with van der Waals surface area (Å²) in [5.41, 5.74) is 6.27. The first-order valence-corrected chi connectivity index (χ1v) is 6.53. The lowest BCUT2D eigenvalue weighted by Gasteiger charge is -2.36. The molecule has 0 saturated carbocycles. The number of rotatable bonds is 4. The third-order valence-electron chi connectivity index (χ3n) is 3.57. The van der Waals surface area contributed by atoms with Crippen LogP contribution >= 0.6 is 0 Å². The molecule has 1 aromatic carbocycles. The molecule has 0 aromatic heterocycles. The van der Waals surface area contributed by atoms with E-state index in [1.165, 1.54) is 12.1 Å². The molecule has 5 heteroatoms. The molecular weight excluding hydrogens is 247 g/mol. The van der Waals surface area contributed by atoms with Gasteiger partial charge in [0, 0.05) is 51.9 Å². The van der Waals surface area contributed by atoms with Crippen molar-refractivity contribution in [3.05, 3.63) is 29.6 Å². The Bertz CT molecular complexity index is 433. The third kappa shape index (κ3) is 3.65. The van der Waals surface area contributed by atoms with Gasteiger partial charge in [0.1, 0.15) is 5.82 Å². The van der Waals surface area contributed by atoms with Crippen LogP contribution in [0.4, 0.5) is 10.1 Å². The average Bonchev–Trinajstić information content (AvgIpc) is 2.38. The molecule has 0 aliphatic carbocycles. The average molecular weight is 268 g/mol. The van der Waals surface area contributed by atoms with Crippen molar-refractivity contribution < 1.29 is 14.2 Å². The molecule has 1 aliphatic rings. The Morgan fingerprint density at radius 3 is 2.68 bits per heavy atom. The van der Waals surface area contributed by atoms with Gasteiger partial charge in [0.25, 0.3) is 0 Å². The van der Waals surface area contributed by atoms with Gasteiger partial charge in [-0.3, -0.25) is 0 Å². The number of aliphatic hydroxyl groups is 1. The molecule has 1 aliphatic heterocycles. The lowest BCUT2D eigenvalue weighted by atomic mass is 9.93. The van der Waals surface area contributed by atoms with Crippen LogP contribution in [-0.2, 0) is 11.3 Å². The summed E-state index contributed by atoms with van der Waals surface area (Å²) >= 11 is 0. The summed E-state index contributed by atoms with van der Waals surface area (Å²) in [5.74, 6) is -0.302. The molecule has 0 atom stereocenters. The van der Waals surface area contributed by atoms with E-state index in [1.807, 2.05) is 18.0 Å². The fraction of sp³-hybridized carbons (Fsp3) is 0.571. The molecule has 2 rings (SSSR count). The van der Waals surface area contributed by atoms with E-state index in [1.54, 1.807) is 0 Å². The number of nitrogens with two attached hydrogens (primary N) is 1. The SMILES string of the molecule is CN(CC1(O)CCOCC1)c1cc(F)cc(CN)c1. The minimum atomic E-state index is -0.762. The first-order chi connectivity index (χ1) is 9.02. The van der Waals surface area contributed by atoms with Crippen LogP contribution in [0, 0.1) is 5.82 Å². The van der Waals surface area contributed by atoms with E-state index in [9.17, 15) is 9.50 Å². The minimum Gasteiger partial charge on any atom is -0.388 e. The van der Waals surface area contributed by atoms with Crippen molar-refractivity contribution in [2.45, 2.75) is 25.0 Å². The molecule has 1 heterocycles. The highest BCUT2D eigenvalue weighted by Gasteiger charge is 2.31. The molecule has 3 N–H and O–H groups in total. The molecule has 0 bridgehead atoms. The summed E-state index contributed by atoms with van der Waals surface area (Å²) in [6.45, 7) is 1.91. The summed E-state index contributed by atoms with van der Waals surface area (Å²) in [5, 5.41) is 10.5. The lowest BCUT2D eigenvalue weighted by Crippen LogP contribution is -2.45. The molecule has 4 nitrogen and oxygen atoms in total. The van der Waals surface area contributed by atoms with E-state index in [0.29, 0.717) is 39.1 Å². The molecule has 0 unspecified atom stereocenters. The summed E-state index contributed by atoms with van der Waals surface area (Å²) < 4.78 is 18.7. The van der Waals surface area contributed by atoms with Gasteiger partial charge in [-0.1, -0.05) is 0 Å². The van der Waals surface area contributed by atoms with Crippen LogP contribution in [-0.4, -0.2) is 37.5 Å². The van der Waals surface area contributed by atoms with Crippen LogP contribution in [0.25, 0.3) is 0 Å². The molecule has 1 fully saturated rings. The van der Waals surface area contributed by atoms with Gasteiger partial charge >= 0.3 is 0 Å². The van der Waals surface area contributed by atoms with Crippen molar-refractivity contribution in [1.82, 2.24) is 0 Å². The molecule has 19 heavy (non-hydrogen) atoms. The van der Waals surface area contributed by atoms with Crippen molar-refractivity contribution in [3.8, 4) is 0 Å². The van der Waals surface area contributed by atoms with E-state index in [0.717, 1.165) is 11.3 Å².